The van der Waals surface area contributed by atoms with Gasteiger partial charge < -0.3 is 4.98 Å². The largest absolute Gasteiger partial charge is 0.354 e. The molecule has 12 aromatic carbocycles. The maximum atomic E-state index is 5.71. The predicted molar refractivity (Wildman–Crippen MR) is 367 cm³/mol. The number of nitrogens with zero attached hydrogens (tertiary/aromatic N) is 1. The summed E-state index contributed by atoms with van der Waals surface area (Å²) in [5.74, 6) is 0. The highest BCUT2D eigenvalue weighted by atomic mass is 14.8. The molecule has 0 unspecified atom stereocenters. The molecule has 1 aromatic heterocycles. The van der Waals surface area contributed by atoms with Crippen molar-refractivity contribution in [1.29, 1.82) is 0 Å². The van der Waals surface area contributed by atoms with Crippen LogP contribution >= 0.6 is 0 Å². The molecule has 13 aromatic rings. The van der Waals surface area contributed by atoms with E-state index in [0.29, 0.717) is 0 Å². The summed E-state index contributed by atoms with van der Waals surface area (Å²) in [5, 5.41) is 0. The van der Waals surface area contributed by atoms with Crippen molar-refractivity contribution in [3.05, 3.63) is 391 Å². The zero-order valence-electron chi connectivity index (χ0n) is 48.9. The van der Waals surface area contributed by atoms with E-state index in [9.17, 15) is 0 Å². The van der Waals surface area contributed by atoms with E-state index in [-0.39, 0.29) is 0 Å². The fraction of sp³-hybridized carbons (Fsp3) is 0.0357. The Morgan fingerprint density at radius 1 is 0.279 bits per heavy atom. The van der Waals surface area contributed by atoms with Crippen LogP contribution in [0, 0.1) is 20.8 Å². The second-order valence-electron chi connectivity index (χ2n) is 21.2. The molecule has 0 atom stereocenters. The Morgan fingerprint density at radius 3 is 0.895 bits per heavy atom. The minimum absolute atomic E-state index is 0.916. The van der Waals surface area contributed by atoms with Gasteiger partial charge >= 0.3 is 0 Å². The lowest BCUT2D eigenvalue weighted by atomic mass is 9.86. The fourth-order valence-corrected chi connectivity index (χ4v) is 11.3. The quantitative estimate of drug-likeness (QED) is 0.141. The Balaban J connectivity index is 0.000000365. The number of hydrogen-bond acceptors (Lipinski definition) is 1. The number of hydrogen-bond donors (Lipinski definition) is 1. The number of H-pyrrole nitrogens is 1. The standard InChI is InChI=1S/C66H50N2.3C6H6/c1-44-38-45(2)63(46(3)39-44)66(61-36-34-59(67-61)64-55(49-26-14-6-15-27-49)40-53(47-22-10-4-11-23-47)41-56(64)50-28-16-7-17-29-50)62-37-35-60(68-62)65-57(51-30-18-8-19-31-51)42-54(48-24-12-5-13-25-48)43-58(65)52-32-20-9-21-33-52;3*1-2-4-6-5-3-1/h4-43,67H,1-3H3;3*1-6H/b66-62+;;;. The Kier molecular flexibility index (Phi) is 18.8. The van der Waals surface area contributed by atoms with Gasteiger partial charge in [-0.2, -0.15) is 0 Å². The third-order valence-corrected chi connectivity index (χ3v) is 15.1. The second kappa shape index (κ2) is 28.4. The zero-order chi connectivity index (χ0) is 58.7. The van der Waals surface area contributed by atoms with Crippen LogP contribution in [0.15, 0.2) is 363 Å². The molecule has 2 nitrogen and oxygen atoms in total. The van der Waals surface area contributed by atoms with Gasteiger partial charge in [0.05, 0.1) is 11.4 Å². The van der Waals surface area contributed by atoms with E-state index in [1.165, 1.54) is 38.9 Å². The van der Waals surface area contributed by atoms with Gasteiger partial charge in [-0.1, -0.05) is 309 Å². The number of aromatic nitrogens is 1. The van der Waals surface area contributed by atoms with Crippen molar-refractivity contribution in [3.63, 3.8) is 0 Å². The summed E-state index contributed by atoms with van der Waals surface area (Å²) in [5.41, 5.74) is 26.0. The first-order chi connectivity index (χ1) is 42.5. The molecule has 0 spiro atoms. The van der Waals surface area contributed by atoms with E-state index in [4.69, 9.17) is 4.99 Å². The van der Waals surface area contributed by atoms with Crippen LogP contribution in [-0.4, -0.2) is 10.7 Å². The van der Waals surface area contributed by atoms with Gasteiger partial charge in [-0.05, 0) is 153 Å². The highest BCUT2D eigenvalue weighted by Gasteiger charge is 2.26. The Hall–Kier alpha value is -10.9. The molecule has 0 saturated carbocycles. The summed E-state index contributed by atoms with van der Waals surface area (Å²) in [6, 6.07) is 119. The molecule has 86 heavy (non-hydrogen) atoms. The third kappa shape index (κ3) is 13.9. The molecule has 2 heterocycles. The van der Waals surface area contributed by atoms with Crippen molar-refractivity contribution in [1.82, 2.24) is 4.98 Å². The first kappa shape index (κ1) is 56.9. The van der Waals surface area contributed by atoms with Crippen LogP contribution in [0.3, 0.4) is 0 Å². The van der Waals surface area contributed by atoms with Gasteiger partial charge in [-0.3, -0.25) is 0 Å². The highest BCUT2D eigenvalue weighted by Crippen LogP contribution is 2.46. The topological polar surface area (TPSA) is 28.1 Å². The van der Waals surface area contributed by atoms with Gasteiger partial charge in [-0.25, -0.2) is 4.99 Å². The smallest absolute Gasteiger partial charge is 0.0737 e. The van der Waals surface area contributed by atoms with E-state index in [1.54, 1.807) is 0 Å². The first-order valence-electron chi connectivity index (χ1n) is 29.4. The molecular formula is C84H68N2. The minimum atomic E-state index is 0.916. The van der Waals surface area contributed by atoms with Gasteiger partial charge in [-0.15, -0.1) is 0 Å². The van der Waals surface area contributed by atoms with Gasteiger partial charge in [0.1, 0.15) is 0 Å². The van der Waals surface area contributed by atoms with E-state index >= 15 is 0 Å². The lowest BCUT2D eigenvalue weighted by Gasteiger charge is -2.19. The van der Waals surface area contributed by atoms with Crippen molar-refractivity contribution >= 4 is 11.3 Å². The summed E-state index contributed by atoms with van der Waals surface area (Å²) in [7, 11) is 0. The lowest BCUT2D eigenvalue weighted by Crippen LogP contribution is -2.03. The molecule has 0 amide bonds. The van der Waals surface area contributed by atoms with Crippen LogP contribution in [0.5, 0.6) is 0 Å². The molecule has 414 valence electrons. The van der Waals surface area contributed by atoms with Crippen molar-refractivity contribution in [3.8, 4) is 78.0 Å². The van der Waals surface area contributed by atoms with E-state index in [0.717, 1.165) is 89.6 Å². The molecule has 0 radical (unpaired) electrons. The first-order valence-corrected chi connectivity index (χ1v) is 29.4. The van der Waals surface area contributed by atoms with Crippen molar-refractivity contribution in [2.24, 2.45) is 4.99 Å². The van der Waals surface area contributed by atoms with E-state index in [1.807, 2.05) is 109 Å². The van der Waals surface area contributed by atoms with Crippen LogP contribution in [0.1, 0.15) is 33.5 Å². The monoisotopic (exact) mass is 1100 g/mol. The molecule has 0 fully saturated rings. The maximum absolute atomic E-state index is 5.71. The average molecular weight is 1110 g/mol. The summed E-state index contributed by atoms with van der Waals surface area (Å²) in [6.45, 7) is 6.64. The summed E-state index contributed by atoms with van der Waals surface area (Å²) in [4.78, 5) is 9.76. The number of aryl methyl sites for hydroxylation is 3. The Labute approximate surface area is 508 Å². The van der Waals surface area contributed by atoms with Crippen LogP contribution < -0.4 is 0 Å². The molecule has 0 saturated heterocycles. The Bertz CT molecular complexity index is 4040. The van der Waals surface area contributed by atoms with Gasteiger partial charge in [0.2, 0.25) is 0 Å². The van der Waals surface area contributed by atoms with Crippen molar-refractivity contribution in [2.75, 3.05) is 0 Å². The predicted octanol–water partition coefficient (Wildman–Crippen LogP) is 22.5. The van der Waals surface area contributed by atoms with Crippen molar-refractivity contribution < 1.29 is 0 Å². The third-order valence-electron chi connectivity index (χ3n) is 15.1. The fourth-order valence-electron chi connectivity index (χ4n) is 11.3. The maximum Gasteiger partial charge on any atom is 0.0737 e. The van der Waals surface area contributed by atoms with E-state index in [2.05, 4.69) is 268 Å². The molecule has 0 aliphatic carbocycles. The SMILES string of the molecule is Cc1cc(C)c(/C(=C2\C=CC(c3c(-c4ccccc4)cc(-c4ccccc4)cc3-c3ccccc3)=N2)c2ccc(-c3c(-c4ccccc4)cc(-c4ccccc4)cc3-c3ccccc3)[nH]2)c(C)c1.c1ccccc1.c1ccccc1.c1ccccc1. The number of rotatable bonds is 10. The minimum Gasteiger partial charge on any atom is -0.354 e. The summed E-state index contributed by atoms with van der Waals surface area (Å²) < 4.78 is 0. The Morgan fingerprint density at radius 2 is 0.570 bits per heavy atom. The second-order valence-corrected chi connectivity index (χ2v) is 21.2. The number of aliphatic imine (C=N–C) groups is 1. The molecule has 0 bridgehead atoms. The lowest BCUT2D eigenvalue weighted by molar-refractivity contribution is 1.25. The zero-order valence-corrected chi connectivity index (χ0v) is 48.9. The molecular weight excluding hydrogens is 1040 g/mol. The van der Waals surface area contributed by atoms with Crippen LogP contribution in [-0.2, 0) is 0 Å². The molecule has 2 heteroatoms. The number of allylic oxidation sites excluding steroid dienone is 2. The molecule has 1 N–H and O–H groups in total. The molecule has 14 rings (SSSR count). The summed E-state index contributed by atoms with van der Waals surface area (Å²) >= 11 is 0. The van der Waals surface area contributed by atoms with E-state index < -0.39 is 0 Å². The normalized spacial score (nSPS) is 11.8. The average Bonchev–Trinajstić information content (AvgIpc) is 1.90. The van der Waals surface area contributed by atoms with Gasteiger partial charge in [0.15, 0.2) is 0 Å². The van der Waals surface area contributed by atoms with Crippen LogP contribution in [0.2, 0.25) is 0 Å². The number of aromatic amines is 1. The summed E-state index contributed by atoms with van der Waals surface area (Å²) in [6.07, 6.45) is 4.44. The van der Waals surface area contributed by atoms with Crippen molar-refractivity contribution in [2.45, 2.75) is 20.8 Å². The number of benzene rings is 12. The van der Waals surface area contributed by atoms with Crippen LogP contribution in [0.4, 0.5) is 0 Å². The van der Waals surface area contributed by atoms with Gasteiger partial charge in [0.25, 0.3) is 0 Å². The molecule has 1 aliphatic heterocycles. The molecule has 1 aliphatic rings. The van der Waals surface area contributed by atoms with Crippen LogP contribution in [0.25, 0.3) is 83.6 Å². The van der Waals surface area contributed by atoms with Gasteiger partial charge in [0, 0.05) is 28.1 Å². The number of nitrogens with one attached hydrogen (secondary N) is 1. The highest BCUT2D eigenvalue weighted by molar-refractivity contribution is 6.20.